The smallest absolute Gasteiger partial charge is 0.367 e. The lowest BCUT2D eigenvalue weighted by atomic mass is 9.94. The number of hydrogen-bond donors (Lipinski definition) is 2. The van der Waals surface area contributed by atoms with Gasteiger partial charge >= 0.3 is 6.18 Å². The summed E-state index contributed by atoms with van der Waals surface area (Å²) in [4.78, 5) is 13.3. The second kappa shape index (κ2) is 11.0. The van der Waals surface area contributed by atoms with Gasteiger partial charge in [-0.25, -0.2) is 17.8 Å². The average molecular weight is 606 g/mol. The van der Waals surface area contributed by atoms with Gasteiger partial charge in [-0.3, -0.25) is 9.67 Å². The predicted octanol–water partition coefficient (Wildman–Crippen LogP) is 4.94. The lowest BCUT2D eigenvalue weighted by molar-refractivity contribution is -0.142. The summed E-state index contributed by atoms with van der Waals surface area (Å²) in [7, 11) is -3.51. The quantitative estimate of drug-likeness (QED) is 0.255. The number of pyridine rings is 1. The van der Waals surface area contributed by atoms with Crippen LogP contribution in [0.2, 0.25) is 0 Å². The molecule has 4 heterocycles. The molecule has 0 radical (unpaired) electrons. The third-order valence-corrected chi connectivity index (χ3v) is 9.16. The molecule has 0 atom stereocenters. The molecule has 2 fully saturated rings. The van der Waals surface area contributed by atoms with Gasteiger partial charge in [0.05, 0.1) is 34.6 Å². The van der Waals surface area contributed by atoms with Crippen LogP contribution >= 0.6 is 0 Å². The summed E-state index contributed by atoms with van der Waals surface area (Å²) in [6.45, 7) is -1.23. The molecule has 4 aromatic rings. The van der Waals surface area contributed by atoms with E-state index in [1.165, 1.54) is 30.9 Å². The molecule has 0 bridgehead atoms. The lowest BCUT2D eigenvalue weighted by Gasteiger charge is -2.26. The summed E-state index contributed by atoms with van der Waals surface area (Å²) in [5, 5.41) is 14.1. The predicted molar refractivity (Wildman–Crippen MR) is 146 cm³/mol. The Morgan fingerprint density at radius 1 is 1.00 bits per heavy atom. The van der Waals surface area contributed by atoms with E-state index in [0.717, 1.165) is 8.77 Å². The molecule has 0 saturated heterocycles. The van der Waals surface area contributed by atoms with E-state index < -0.39 is 34.2 Å². The first-order chi connectivity index (χ1) is 20.0. The van der Waals surface area contributed by atoms with Crippen LogP contribution in [-0.2, 0) is 16.6 Å². The molecule has 0 spiro atoms. The summed E-state index contributed by atoms with van der Waals surface area (Å²) >= 11 is 0. The molecule has 222 valence electrons. The molecular formula is C26H27F4N9O2S. The van der Waals surface area contributed by atoms with E-state index in [1.54, 1.807) is 18.3 Å². The maximum absolute atomic E-state index is 13.7. The van der Waals surface area contributed by atoms with E-state index in [9.17, 15) is 26.0 Å². The Balaban J connectivity index is 1.25. The second-order valence-electron chi connectivity index (χ2n) is 10.5. The Bertz CT molecular complexity index is 1680. The first-order valence-corrected chi connectivity index (χ1v) is 14.9. The third-order valence-electron chi connectivity index (χ3n) is 7.12. The van der Waals surface area contributed by atoms with Crippen LogP contribution in [0.3, 0.4) is 0 Å². The number of halogens is 4. The van der Waals surface area contributed by atoms with Gasteiger partial charge in [0.1, 0.15) is 18.5 Å². The summed E-state index contributed by atoms with van der Waals surface area (Å²) in [6.07, 6.45) is 5.04. The monoisotopic (exact) mass is 605 g/mol. The fourth-order valence-electron chi connectivity index (χ4n) is 4.80. The zero-order valence-electron chi connectivity index (χ0n) is 22.2. The molecule has 2 aliphatic carbocycles. The zero-order chi connectivity index (χ0) is 29.5. The van der Waals surface area contributed by atoms with Crippen LogP contribution in [0.4, 0.5) is 35.0 Å². The zero-order valence-corrected chi connectivity index (χ0v) is 23.0. The Morgan fingerprint density at radius 3 is 2.52 bits per heavy atom. The highest BCUT2D eigenvalue weighted by molar-refractivity contribution is 7.90. The van der Waals surface area contributed by atoms with Crippen molar-refractivity contribution in [1.29, 1.82) is 0 Å². The summed E-state index contributed by atoms with van der Waals surface area (Å²) in [5.74, 6) is 0.548. The van der Waals surface area contributed by atoms with Crippen molar-refractivity contribution in [3.05, 3.63) is 49.2 Å². The largest absolute Gasteiger partial charge is 0.408 e. The van der Waals surface area contributed by atoms with Gasteiger partial charge in [0.15, 0.2) is 0 Å². The van der Waals surface area contributed by atoms with E-state index in [-0.39, 0.29) is 17.7 Å². The van der Waals surface area contributed by atoms with E-state index in [1.807, 2.05) is 0 Å². The lowest BCUT2D eigenvalue weighted by Crippen LogP contribution is -2.27. The maximum Gasteiger partial charge on any atom is 0.408 e. The van der Waals surface area contributed by atoms with Crippen molar-refractivity contribution in [2.75, 3.05) is 10.6 Å². The fraction of sp³-hybridized carbons (Fsp3) is 0.423. The molecule has 16 heteroatoms. The van der Waals surface area contributed by atoms with Crippen molar-refractivity contribution in [3.8, 4) is 22.5 Å². The summed E-state index contributed by atoms with van der Waals surface area (Å²) < 4.78 is 79.2. The van der Waals surface area contributed by atoms with Gasteiger partial charge in [-0.2, -0.15) is 32.4 Å². The van der Waals surface area contributed by atoms with Crippen LogP contribution in [0, 0.1) is 0 Å². The minimum atomic E-state index is -4.42. The Labute approximate surface area is 238 Å². The summed E-state index contributed by atoms with van der Waals surface area (Å²) in [6, 6.07) is 4.75. The number of hydrogen-bond acceptors (Lipinski definition) is 9. The van der Waals surface area contributed by atoms with Crippen LogP contribution in [0.1, 0.15) is 38.5 Å². The molecule has 6 rings (SSSR count). The van der Waals surface area contributed by atoms with Crippen LogP contribution < -0.4 is 10.6 Å². The number of alkyl halides is 4. The van der Waals surface area contributed by atoms with E-state index in [0.29, 0.717) is 66.9 Å². The van der Waals surface area contributed by atoms with E-state index in [2.05, 4.69) is 35.8 Å². The summed E-state index contributed by atoms with van der Waals surface area (Å²) in [5.41, 5.74) is 2.22. The van der Waals surface area contributed by atoms with Gasteiger partial charge in [-0.05, 0) is 56.7 Å². The van der Waals surface area contributed by atoms with Gasteiger partial charge in [0.2, 0.25) is 5.95 Å². The van der Waals surface area contributed by atoms with Crippen molar-refractivity contribution >= 4 is 27.5 Å². The molecule has 0 amide bonds. The van der Waals surface area contributed by atoms with Gasteiger partial charge < -0.3 is 10.6 Å². The van der Waals surface area contributed by atoms with Crippen molar-refractivity contribution < 1.29 is 26.0 Å². The molecule has 0 aliphatic heterocycles. The Hall–Kier alpha value is -4.08. The van der Waals surface area contributed by atoms with Crippen LogP contribution in [0.5, 0.6) is 0 Å². The molecule has 2 N–H and O–H groups in total. The normalized spacial score (nSPS) is 19.5. The van der Waals surface area contributed by atoms with Crippen molar-refractivity contribution in [2.45, 2.75) is 68.7 Å². The van der Waals surface area contributed by atoms with Crippen LogP contribution in [0.25, 0.3) is 22.5 Å². The fourth-order valence-corrected chi connectivity index (χ4v) is 6.27. The topological polar surface area (TPSA) is 133 Å². The van der Waals surface area contributed by atoms with Crippen LogP contribution in [-0.4, -0.2) is 66.0 Å². The average Bonchev–Trinajstić information content (AvgIpc) is 3.52. The molecule has 0 unspecified atom stereocenters. The van der Waals surface area contributed by atoms with Gasteiger partial charge in [-0.1, -0.05) is 0 Å². The minimum absolute atomic E-state index is 0.0771. The number of nitrogens with zero attached hydrogens (tertiary/aromatic N) is 7. The highest BCUT2D eigenvalue weighted by Crippen LogP contribution is 2.32. The molecule has 2 aliphatic rings. The van der Waals surface area contributed by atoms with E-state index in [4.69, 9.17) is 0 Å². The number of aromatic nitrogens is 7. The second-order valence-corrected chi connectivity index (χ2v) is 12.5. The van der Waals surface area contributed by atoms with E-state index >= 15 is 0 Å². The van der Waals surface area contributed by atoms with Crippen molar-refractivity contribution in [1.82, 2.24) is 33.9 Å². The molecule has 4 aromatic heterocycles. The molecular weight excluding hydrogens is 578 g/mol. The molecule has 11 nitrogen and oxygen atoms in total. The standard InChI is InChI=1S/C26H27F4N9O2S/c27-17-1-3-18(4-2-17)34-24-21(22-8-10-38(37-22)15-26(28,29)30)13-32-25(36-24)35-19-7-9-31-23(11-19)16-12-33-39(14-16)42(40,41)20-5-6-20/h7-14,17-18,20H,1-6,15H2,(H2,31,32,34,35,36). The number of rotatable bonds is 9. The molecule has 0 aromatic carbocycles. The Kier molecular flexibility index (Phi) is 7.32. The first kappa shape index (κ1) is 28.1. The van der Waals surface area contributed by atoms with Gasteiger partial charge in [0.25, 0.3) is 10.0 Å². The number of nitrogens with one attached hydrogen (secondary N) is 2. The molecule has 42 heavy (non-hydrogen) atoms. The molecule has 2 saturated carbocycles. The first-order valence-electron chi connectivity index (χ1n) is 13.4. The van der Waals surface area contributed by atoms with Crippen LogP contribution in [0.15, 0.2) is 49.2 Å². The minimum Gasteiger partial charge on any atom is -0.367 e. The number of anilines is 3. The van der Waals surface area contributed by atoms with Gasteiger partial charge in [0, 0.05) is 35.9 Å². The Morgan fingerprint density at radius 2 is 1.79 bits per heavy atom. The maximum atomic E-state index is 13.7. The highest BCUT2D eigenvalue weighted by Gasteiger charge is 2.37. The SMILES string of the molecule is O=S(=O)(C1CC1)n1cc(-c2cc(Nc3ncc(-c4ccn(CC(F)(F)F)n4)c(NC4CCC(F)CC4)n3)ccn2)cn1. The van der Waals surface area contributed by atoms with Gasteiger partial charge in [-0.15, -0.1) is 0 Å². The third kappa shape index (κ3) is 6.37. The van der Waals surface area contributed by atoms with Crippen molar-refractivity contribution in [2.24, 2.45) is 0 Å². The van der Waals surface area contributed by atoms with Crippen molar-refractivity contribution in [3.63, 3.8) is 0 Å². The highest BCUT2D eigenvalue weighted by atomic mass is 32.2.